The predicted octanol–water partition coefficient (Wildman–Crippen LogP) is 3.38. The van der Waals surface area contributed by atoms with Crippen molar-refractivity contribution < 1.29 is 18.7 Å². The van der Waals surface area contributed by atoms with Crippen molar-refractivity contribution in [2.75, 3.05) is 27.3 Å². The molecule has 2 aromatic rings. The van der Waals surface area contributed by atoms with Gasteiger partial charge in [-0.1, -0.05) is 12.1 Å². The summed E-state index contributed by atoms with van der Waals surface area (Å²) in [5.41, 5.74) is 0.771. The van der Waals surface area contributed by atoms with Crippen LogP contribution in [0.4, 0.5) is 4.39 Å². The number of carbonyl (C=O) groups excluding carboxylic acids is 1. The third-order valence-corrected chi connectivity index (χ3v) is 3.42. The zero-order valence-corrected chi connectivity index (χ0v) is 13.7. The lowest BCUT2D eigenvalue weighted by atomic mass is 10.2. The molecule has 0 atom stereocenters. The molecule has 0 radical (unpaired) electrons. The van der Waals surface area contributed by atoms with Gasteiger partial charge in [-0.3, -0.25) is 4.79 Å². The van der Waals surface area contributed by atoms with Crippen molar-refractivity contribution in [2.45, 2.75) is 0 Å². The summed E-state index contributed by atoms with van der Waals surface area (Å²) in [6.45, 7) is 0.845. The minimum absolute atomic E-state index is 0.141. The van der Waals surface area contributed by atoms with E-state index in [-0.39, 0.29) is 11.7 Å². The summed E-state index contributed by atoms with van der Waals surface area (Å²) in [6, 6.07) is 13.2. The maximum Gasteiger partial charge on any atom is 0.246 e. The molecule has 1 amide bonds. The van der Waals surface area contributed by atoms with E-state index >= 15 is 0 Å². The maximum absolute atomic E-state index is 12.8. The lowest BCUT2D eigenvalue weighted by Crippen LogP contribution is -2.29. The molecule has 0 aliphatic carbocycles. The fourth-order valence-corrected chi connectivity index (χ4v) is 1.95. The molecule has 2 rings (SSSR count). The monoisotopic (exact) mass is 329 g/mol. The highest BCUT2D eigenvalue weighted by Crippen LogP contribution is 2.16. The molecule has 24 heavy (non-hydrogen) atoms. The number of carbonyl (C=O) groups is 1. The minimum Gasteiger partial charge on any atom is -0.497 e. The van der Waals surface area contributed by atoms with Gasteiger partial charge in [-0.05, 0) is 48.0 Å². The first-order valence-corrected chi connectivity index (χ1v) is 7.54. The molecule has 0 aliphatic rings. The number of likely N-dealkylation sites (N-methyl/N-ethyl adjacent to an activating group) is 1. The van der Waals surface area contributed by atoms with Crippen LogP contribution in [0.1, 0.15) is 5.56 Å². The highest BCUT2D eigenvalue weighted by Gasteiger charge is 2.05. The molecule has 0 unspecified atom stereocenters. The predicted molar refractivity (Wildman–Crippen MR) is 91.6 cm³/mol. The van der Waals surface area contributed by atoms with E-state index in [0.29, 0.717) is 13.2 Å². The van der Waals surface area contributed by atoms with Crippen molar-refractivity contribution in [3.05, 3.63) is 66.0 Å². The van der Waals surface area contributed by atoms with Crippen molar-refractivity contribution in [3.63, 3.8) is 0 Å². The topological polar surface area (TPSA) is 38.8 Å². The summed E-state index contributed by atoms with van der Waals surface area (Å²) in [5, 5.41) is 0. The van der Waals surface area contributed by atoms with Gasteiger partial charge in [0.1, 0.15) is 23.9 Å². The molecule has 0 aliphatic heterocycles. The number of rotatable bonds is 7. The number of methoxy groups -OCH3 is 1. The summed E-state index contributed by atoms with van der Waals surface area (Å²) in [4.78, 5) is 13.6. The smallest absolute Gasteiger partial charge is 0.246 e. The van der Waals surface area contributed by atoms with E-state index in [1.165, 1.54) is 18.2 Å². The van der Waals surface area contributed by atoms with Crippen LogP contribution in [-0.4, -0.2) is 38.1 Å². The van der Waals surface area contributed by atoms with E-state index in [4.69, 9.17) is 9.47 Å². The average Bonchev–Trinajstić information content (AvgIpc) is 2.61. The second kappa shape index (κ2) is 8.72. The van der Waals surface area contributed by atoms with Gasteiger partial charge in [0, 0.05) is 13.1 Å². The van der Waals surface area contributed by atoms with E-state index in [0.717, 1.165) is 17.1 Å². The summed E-state index contributed by atoms with van der Waals surface area (Å²) < 4.78 is 23.5. The molecule has 0 heterocycles. The van der Waals surface area contributed by atoms with Crippen LogP contribution in [0.5, 0.6) is 11.5 Å². The Balaban J connectivity index is 1.77. The van der Waals surface area contributed by atoms with Gasteiger partial charge in [-0.25, -0.2) is 4.39 Å². The molecular weight excluding hydrogens is 309 g/mol. The minimum atomic E-state index is -0.300. The number of amides is 1. The first-order valence-electron chi connectivity index (χ1n) is 7.54. The maximum atomic E-state index is 12.8. The van der Waals surface area contributed by atoms with Gasteiger partial charge in [0.05, 0.1) is 13.7 Å². The zero-order valence-electron chi connectivity index (χ0n) is 13.7. The van der Waals surface area contributed by atoms with Crippen LogP contribution in [0.2, 0.25) is 0 Å². The molecule has 0 aromatic heterocycles. The summed E-state index contributed by atoms with van der Waals surface area (Å²) in [7, 11) is 3.31. The van der Waals surface area contributed by atoms with Crippen molar-refractivity contribution in [3.8, 4) is 11.5 Å². The van der Waals surface area contributed by atoms with E-state index in [1.807, 2.05) is 24.3 Å². The molecule has 126 valence electrons. The van der Waals surface area contributed by atoms with Gasteiger partial charge in [-0.15, -0.1) is 0 Å². The number of ether oxygens (including phenoxy) is 2. The van der Waals surface area contributed by atoms with E-state index in [1.54, 1.807) is 37.3 Å². The second-order valence-electron chi connectivity index (χ2n) is 5.17. The Morgan fingerprint density at radius 1 is 1.08 bits per heavy atom. The SMILES string of the molecule is COc1ccc(OCCN(C)C(=O)/C=C/c2ccc(F)cc2)cc1. The number of hydrogen-bond acceptors (Lipinski definition) is 3. The Kier molecular flexibility index (Phi) is 6.37. The van der Waals surface area contributed by atoms with Gasteiger partial charge >= 0.3 is 0 Å². The summed E-state index contributed by atoms with van der Waals surface area (Å²) >= 11 is 0. The largest absolute Gasteiger partial charge is 0.497 e. The van der Waals surface area contributed by atoms with Crippen molar-refractivity contribution in [2.24, 2.45) is 0 Å². The zero-order chi connectivity index (χ0) is 17.4. The number of halogens is 1. The van der Waals surface area contributed by atoms with Gasteiger partial charge in [0.2, 0.25) is 5.91 Å². The van der Waals surface area contributed by atoms with Gasteiger partial charge in [0.15, 0.2) is 0 Å². The molecule has 2 aromatic carbocycles. The van der Waals surface area contributed by atoms with Gasteiger partial charge < -0.3 is 14.4 Å². The molecule has 0 spiro atoms. The van der Waals surface area contributed by atoms with E-state index in [9.17, 15) is 9.18 Å². The Labute approximate surface area is 141 Å². The Morgan fingerprint density at radius 3 is 2.33 bits per heavy atom. The van der Waals surface area contributed by atoms with Crippen LogP contribution in [0.15, 0.2) is 54.6 Å². The second-order valence-corrected chi connectivity index (χ2v) is 5.17. The fourth-order valence-electron chi connectivity index (χ4n) is 1.95. The van der Waals surface area contributed by atoms with Crippen molar-refractivity contribution in [1.29, 1.82) is 0 Å². The number of benzene rings is 2. The van der Waals surface area contributed by atoms with Crippen LogP contribution in [0.3, 0.4) is 0 Å². The van der Waals surface area contributed by atoms with Crippen LogP contribution in [0, 0.1) is 5.82 Å². The molecule has 0 saturated heterocycles. The third-order valence-electron chi connectivity index (χ3n) is 3.42. The molecule has 0 N–H and O–H groups in total. The molecule has 4 nitrogen and oxygen atoms in total. The lowest BCUT2D eigenvalue weighted by Gasteiger charge is -2.15. The Hall–Kier alpha value is -2.82. The fraction of sp³-hybridized carbons (Fsp3) is 0.211. The highest BCUT2D eigenvalue weighted by atomic mass is 19.1. The first kappa shape index (κ1) is 17.5. The number of nitrogens with zero attached hydrogens (tertiary/aromatic N) is 1. The quantitative estimate of drug-likeness (QED) is 0.731. The normalized spacial score (nSPS) is 10.6. The standard InChI is InChI=1S/C19H20FNO3/c1-21(13-14-24-18-10-8-17(23-2)9-11-18)19(22)12-5-15-3-6-16(20)7-4-15/h3-12H,13-14H2,1-2H3/b12-5+. The van der Waals surface area contributed by atoms with Crippen molar-refractivity contribution in [1.82, 2.24) is 4.90 Å². The first-order chi connectivity index (χ1) is 11.6. The molecule has 5 heteroatoms. The van der Waals surface area contributed by atoms with Gasteiger partial charge in [-0.2, -0.15) is 0 Å². The van der Waals surface area contributed by atoms with Gasteiger partial charge in [0.25, 0.3) is 0 Å². The van der Waals surface area contributed by atoms with Crippen molar-refractivity contribution >= 4 is 12.0 Å². The average molecular weight is 329 g/mol. The van der Waals surface area contributed by atoms with Crippen LogP contribution < -0.4 is 9.47 Å². The summed E-state index contributed by atoms with van der Waals surface area (Å²) in [6.07, 6.45) is 3.11. The van der Waals surface area contributed by atoms with E-state index < -0.39 is 0 Å². The third kappa shape index (κ3) is 5.43. The lowest BCUT2D eigenvalue weighted by molar-refractivity contribution is -0.125. The van der Waals surface area contributed by atoms with Crippen LogP contribution in [-0.2, 0) is 4.79 Å². The number of hydrogen-bond donors (Lipinski definition) is 0. The molecule has 0 bridgehead atoms. The van der Waals surface area contributed by atoms with Crippen LogP contribution >= 0.6 is 0 Å². The van der Waals surface area contributed by atoms with Crippen LogP contribution in [0.25, 0.3) is 6.08 Å². The van der Waals surface area contributed by atoms with E-state index in [2.05, 4.69) is 0 Å². The highest BCUT2D eigenvalue weighted by molar-refractivity contribution is 5.91. The Bertz CT molecular complexity index is 681. The Morgan fingerprint density at radius 2 is 1.71 bits per heavy atom. The summed E-state index contributed by atoms with van der Waals surface area (Å²) in [5.74, 6) is 1.04. The molecule has 0 saturated carbocycles. The molecular formula is C19H20FNO3. The molecule has 0 fully saturated rings.